The Hall–Kier alpha value is -1.43. The molecule has 1 aliphatic rings. The number of benzene rings is 1. The smallest absolute Gasteiger partial charge is 0.326 e. The molecule has 0 aliphatic carbocycles. The van der Waals surface area contributed by atoms with E-state index in [2.05, 4.69) is 15.9 Å². The van der Waals surface area contributed by atoms with Crippen molar-refractivity contribution in [2.24, 2.45) is 5.92 Å². The molecule has 6 heteroatoms. The monoisotopic (exact) mass is 357 g/mol. The first kappa shape index (κ1) is 15.9. The van der Waals surface area contributed by atoms with Gasteiger partial charge in [-0.2, -0.15) is 0 Å². The number of nitrogens with zero attached hydrogens (tertiary/aromatic N) is 1. The minimum atomic E-state index is -0.947. The van der Waals surface area contributed by atoms with Crippen molar-refractivity contribution in [3.8, 4) is 0 Å². The third-order valence-corrected chi connectivity index (χ3v) is 4.38. The highest BCUT2D eigenvalue weighted by molar-refractivity contribution is 9.10. The van der Waals surface area contributed by atoms with Crippen LogP contribution in [-0.4, -0.2) is 34.5 Å². The number of rotatable bonds is 4. The van der Waals surface area contributed by atoms with Crippen molar-refractivity contribution in [1.82, 2.24) is 4.90 Å². The standard InChI is InChI=1S/C15H17BrFNO3/c1-9(7-10-4-5-12(17)11(16)8-10)14(19)18-6-2-3-13(18)15(20)21/h4-5,8-9,13H,2-3,6-7H2,1H3,(H,20,21)/t9?,13-/m0/s1. The number of carbonyl (C=O) groups is 2. The summed E-state index contributed by atoms with van der Waals surface area (Å²) >= 11 is 3.12. The molecule has 1 aliphatic heterocycles. The Morgan fingerprint density at radius 3 is 2.86 bits per heavy atom. The van der Waals surface area contributed by atoms with Gasteiger partial charge in [-0.05, 0) is 52.9 Å². The van der Waals surface area contributed by atoms with Gasteiger partial charge < -0.3 is 10.0 Å². The Bertz CT molecular complexity index is 564. The van der Waals surface area contributed by atoms with Gasteiger partial charge in [0.25, 0.3) is 0 Å². The van der Waals surface area contributed by atoms with Crippen LogP contribution in [0.15, 0.2) is 22.7 Å². The Morgan fingerprint density at radius 2 is 2.24 bits per heavy atom. The van der Waals surface area contributed by atoms with Crippen LogP contribution < -0.4 is 0 Å². The lowest BCUT2D eigenvalue weighted by atomic mass is 9.99. The Morgan fingerprint density at radius 1 is 1.52 bits per heavy atom. The topological polar surface area (TPSA) is 57.6 Å². The second kappa shape index (κ2) is 6.56. The van der Waals surface area contributed by atoms with E-state index in [1.807, 2.05) is 0 Å². The van der Waals surface area contributed by atoms with Crippen molar-refractivity contribution < 1.29 is 19.1 Å². The van der Waals surface area contributed by atoms with Gasteiger partial charge in [0.1, 0.15) is 11.9 Å². The maximum Gasteiger partial charge on any atom is 0.326 e. The van der Waals surface area contributed by atoms with Gasteiger partial charge in [0.2, 0.25) is 5.91 Å². The molecule has 1 unspecified atom stereocenters. The number of hydrogen-bond donors (Lipinski definition) is 1. The van der Waals surface area contributed by atoms with E-state index in [0.29, 0.717) is 23.9 Å². The first-order chi connectivity index (χ1) is 9.90. The van der Waals surface area contributed by atoms with Crippen molar-refractivity contribution in [2.45, 2.75) is 32.2 Å². The second-order valence-corrected chi connectivity index (χ2v) is 6.24. The zero-order valence-corrected chi connectivity index (χ0v) is 13.3. The molecule has 1 aromatic carbocycles. The number of carbonyl (C=O) groups excluding carboxylic acids is 1. The number of likely N-dealkylation sites (tertiary alicyclic amines) is 1. The first-order valence-corrected chi connectivity index (χ1v) is 7.66. The SMILES string of the molecule is CC(Cc1ccc(F)c(Br)c1)C(=O)N1CCC[C@H]1C(=O)O. The average Bonchev–Trinajstić information content (AvgIpc) is 2.91. The summed E-state index contributed by atoms with van der Waals surface area (Å²) in [4.78, 5) is 25.0. The number of hydrogen-bond acceptors (Lipinski definition) is 2. The summed E-state index contributed by atoms with van der Waals surface area (Å²) in [6.07, 6.45) is 1.69. The summed E-state index contributed by atoms with van der Waals surface area (Å²) in [7, 11) is 0. The Labute approximate surface area is 131 Å². The molecule has 4 nitrogen and oxygen atoms in total. The fraction of sp³-hybridized carbons (Fsp3) is 0.467. The summed E-state index contributed by atoms with van der Waals surface area (Å²) < 4.78 is 13.6. The van der Waals surface area contributed by atoms with Gasteiger partial charge in [0.05, 0.1) is 4.47 Å². The summed E-state index contributed by atoms with van der Waals surface area (Å²) in [5, 5.41) is 9.13. The Balaban J connectivity index is 2.05. The lowest BCUT2D eigenvalue weighted by Crippen LogP contribution is -2.43. The molecule has 2 rings (SSSR count). The molecule has 1 aromatic rings. The average molecular weight is 358 g/mol. The molecule has 1 N–H and O–H groups in total. The molecule has 1 heterocycles. The van der Waals surface area contributed by atoms with Gasteiger partial charge in [-0.3, -0.25) is 4.79 Å². The summed E-state index contributed by atoms with van der Waals surface area (Å²) in [6.45, 7) is 2.27. The fourth-order valence-corrected chi connectivity index (χ4v) is 3.10. The van der Waals surface area contributed by atoms with Crippen molar-refractivity contribution in [3.63, 3.8) is 0 Å². The summed E-state index contributed by atoms with van der Waals surface area (Å²) in [5.74, 6) is -1.77. The molecule has 0 spiro atoms. The van der Waals surface area contributed by atoms with E-state index in [9.17, 15) is 14.0 Å². The molecular weight excluding hydrogens is 341 g/mol. The molecule has 0 saturated carbocycles. The van der Waals surface area contributed by atoms with Crippen LogP contribution in [0.5, 0.6) is 0 Å². The molecule has 0 bridgehead atoms. The highest BCUT2D eigenvalue weighted by Gasteiger charge is 2.35. The molecule has 0 aromatic heterocycles. The lowest BCUT2D eigenvalue weighted by molar-refractivity contribution is -0.149. The van der Waals surface area contributed by atoms with Crippen LogP contribution in [0.4, 0.5) is 4.39 Å². The number of carboxylic acid groups (broad SMARTS) is 1. The minimum Gasteiger partial charge on any atom is -0.480 e. The molecule has 1 fully saturated rings. The van der Waals surface area contributed by atoms with Gasteiger partial charge in [0, 0.05) is 12.5 Å². The fourth-order valence-electron chi connectivity index (χ4n) is 2.68. The minimum absolute atomic E-state index is 0.152. The zero-order chi connectivity index (χ0) is 15.6. The van der Waals surface area contributed by atoms with E-state index in [0.717, 1.165) is 12.0 Å². The molecule has 2 atom stereocenters. The maximum absolute atomic E-state index is 13.2. The number of aliphatic carboxylic acids is 1. The van der Waals surface area contributed by atoms with Gasteiger partial charge >= 0.3 is 5.97 Å². The maximum atomic E-state index is 13.2. The third kappa shape index (κ3) is 3.61. The normalized spacial score (nSPS) is 19.6. The van der Waals surface area contributed by atoms with E-state index in [1.54, 1.807) is 19.1 Å². The van der Waals surface area contributed by atoms with Crippen LogP contribution in [0.25, 0.3) is 0 Å². The van der Waals surface area contributed by atoms with Crippen molar-refractivity contribution in [3.05, 3.63) is 34.1 Å². The van der Waals surface area contributed by atoms with Gasteiger partial charge in [0.15, 0.2) is 0 Å². The zero-order valence-electron chi connectivity index (χ0n) is 11.7. The second-order valence-electron chi connectivity index (χ2n) is 5.38. The van der Waals surface area contributed by atoms with Crippen LogP contribution in [0, 0.1) is 11.7 Å². The first-order valence-electron chi connectivity index (χ1n) is 6.87. The predicted molar refractivity (Wildman–Crippen MR) is 79.3 cm³/mol. The van der Waals surface area contributed by atoms with E-state index in [4.69, 9.17) is 5.11 Å². The van der Waals surface area contributed by atoms with Crippen LogP contribution in [0.1, 0.15) is 25.3 Å². The van der Waals surface area contributed by atoms with E-state index < -0.39 is 12.0 Å². The van der Waals surface area contributed by atoms with Gasteiger partial charge in [-0.25, -0.2) is 9.18 Å². The van der Waals surface area contributed by atoms with Crippen molar-refractivity contribution in [1.29, 1.82) is 0 Å². The number of amides is 1. The molecule has 114 valence electrons. The van der Waals surface area contributed by atoms with Crippen molar-refractivity contribution in [2.75, 3.05) is 6.54 Å². The van der Waals surface area contributed by atoms with Crippen molar-refractivity contribution >= 4 is 27.8 Å². The largest absolute Gasteiger partial charge is 0.480 e. The van der Waals surface area contributed by atoms with E-state index in [1.165, 1.54) is 11.0 Å². The molecule has 0 radical (unpaired) electrons. The van der Waals surface area contributed by atoms with Crippen LogP contribution >= 0.6 is 15.9 Å². The molecular formula is C15H17BrFNO3. The summed E-state index contributed by atoms with van der Waals surface area (Å²) in [5.41, 5.74) is 0.843. The van der Waals surface area contributed by atoms with E-state index in [-0.39, 0.29) is 17.6 Å². The van der Waals surface area contributed by atoms with Crippen LogP contribution in [0.2, 0.25) is 0 Å². The number of halogens is 2. The number of carboxylic acids is 1. The third-order valence-electron chi connectivity index (χ3n) is 3.77. The van der Waals surface area contributed by atoms with Gasteiger partial charge in [-0.15, -0.1) is 0 Å². The molecule has 21 heavy (non-hydrogen) atoms. The summed E-state index contributed by atoms with van der Waals surface area (Å²) in [6, 6.07) is 3.94. The quantitative estimate of drug-likeness (QED) is 0.901. The van der Waals surface area contributed by atoms with Crippen LogP contribution in [-0.2, 0) is 16.0 Å². The predicted octanol–water partition coefficient (Wildman–Crippen LogP) is 2.84. The van der Waals surface area contributed by atoms with E-state index >= 15 is 0 Å². The Kier molecular flexibility index (Phi) is 4.98. The highest BCUT2D eigenvalue weighted by Crippen LogP contribution is 2.23. The molecule has 1 amide bonds. The highest BCUT2D eigenvalue weighted by atomic mass is 79.9. The lowest BCUT2D eigenvalue weighted by Gasteiger charge is -2.25. The van der Waals surface area contributed by atoms with Gasteiger partial charge in [-0.1, -0.05) is 13.0 Å². The molecule has 1 saturated heterocycles. The van der Waals surface area contributed by atoms with Crippen LogP contribution in [0.3, 0.4) is 0 Å².